The Kier molecular flexibility index (Phi) is 5.30. The van der Waals surface area contributed by atoms with Crippen LogP contribution in [0.15, 0.2) is 9.85 Å². The largest absolute Gasteiger partial charge is 0.381 e. The SMILES string of the molecule is CCCNC(c1cc(Cl)c(Br)s1)C1CCOC1. The molecule has 0 saturated carbocycles. The van der Waals surface area contributed by atoms with Gasteiger partial charge >= 0.3 is 0 Å². The van der Waals surface area contributed by atoms with Gasteiger partial charge in [-0.25, -0.2) is 0 Å². The summed E-state index contributed by atoms with van der Waals surface area (Å²) >= 11 is 11.3. The van der Waals surface area contributed by atoms with Gasteiger partial charge < -0.3 is 10.1 Å². The molecule has 1 N–H and O–H groups in total. The number of rotatable bonds is 5. The van der Waals surface area contributed by atoms with Crippen molar-refractivity contribution in [3.8, 4) is 0 Å². The summed E-state index contributed by atoms with van der Waals surface area (Å²) in [5.74, 6) is 0.572. The number of nitrogens with one attached hydrogen (secondary N) is 1. The van der Waals surface area contributed by atoms with E-state index in [1.165, 1.54) is 4.88 Å². The van der Waals surface area contributed by atoms with Crippen LogP contribution in [-0.4, -0.2) is 19.8 Å². The van der Waals surface area contributed by atoms with E-state index < -0.39 is 0 Å². The third-order valence-corrected chi connectivity index (χ3v) is 5.58. The van der Waals surface area contributed by atoms with Gasteiger partial charge in [-0.3, -0.25) is 0 Å². The van der Waals surface area contributed by atoms with Crippen molar-refractivity contribution in [2.75, 3.05) is 19.8 Å². The highest BCUT2D eigenvalue weighted by Crippen LogP contribution is 2.39. The van der Waals surface area contributed by atoms with Gasteiger partial charge in [-0.15, -0.1) is 11.3 Å². The smallest absolute Gasteiger partial charge is 0.0887 e. The van der Waals surface area contributed by atoms with Crippen molar-refractivity contribution in [3.05, 3.63) is 19.8 Å². The van der Waals surface area contributed by atoms with Crippen LogP contribution in [0, 0.1) is 5.92 Å². The van der Waals surface area contributed by atoms with Crippen LogP contribution >= 0.6 is 38.9 Å². The summed E-state index contributed by atoms with van der Waals surface area (Å²) in [6, 6.07) is 2.45. The van der Waals surface area contributed by atoms with Crippen LogP contribution in [0.5, 0.6) is 0 Å². The maximum Gasteiger partial charge on any atom is 0.0887 e. The van der Waals surface area contributed by atoms with E-state index in [-0.39, 0.29) is 0 Å². The second-order valence-corrected chi connectivity index (χ2v) is 7.13. The molecule has 5 heteroatoms. The van der Waals surface area contributed by atoms with E-state index in [1.807, 2.05) is 0 Å². The summed E-state index contributed by atoms with van der Waals surface area (Å²) in [4.78, 5) is 1.31. The Morgan fingerprint density at radius 1 is 1.71 bits per heavy atom. The minimum atomic E-state index is 0.381. The summed E-state index contributed by atoms with van der Waals surface area (Å²) < 4.78 is 6.52. The normalized spacial score (nSPS) is 21.9. The first-order valence-electron chi connectivity index (χ1n) is 5.98. The molecule has 2 nitrogen and oxygen atoms in total. The van der Waals surface area contributed by atoms with Gasteiger partial charge in [0.2, 0.25) is 0 Å². The Labute approximate surface area is 120 Å². The molecule has 0 radical (unpaired) electrons. The Morgan fingerprint density at radius 3 is 3.06 bits per heavy atom. The van der Waals surface area contributed by atoms with Gasteiger partial charge in [0.15, 0.2) is 0 Å². The number of ether oxygens (including phenoxy) is 1. The van der Waals surface area contributed by atoms with E-state index in [1.54, 1.807) is 11.3 Å². The maximum atomic E-state index is 6.12. The van der Waals surface area contributed by atoms with Crippen LogP contribution in [-0.2, 0) is 4.74 Å². The Morgan fingerprint density at radius 2 is 2.53 bits per heavy atom. The van der Waals surface area contributed by atoms with Crippen LogP contribution in [0.1, 0.15) is 30.7 Å². The fourth-order valence-corrected chi connectivity index (χ4v) is 4.05. The number of hydrogen-bond donors (Lipinski definition) is 1. The zero-order chi connectivity index (χ0) is 12.3. The molecule has 2 rings (SSSR count). The van der Waals surface area contributed by atoms with E-state index in [9.17, 15) is 0 Å². The van der Waals surface area contributed by atoms with E-state index in [4.69, 9.17) is 16.3 Å². The summed E-state index contributed by atoms with van der Waals surface area (Å²) in [7, 11) is 0. The van der Waals surface area contributed by atoms with Gasteiger partial charge in [0, 0.05) is 23.4 Å². The number of hydrogen-bond acceptors (Lipinski definition) is 3. The van der Waals surface area contributed by atoms with Gasteiger partial charge in [-0.05, 0) is 41.4 Å². The van der Waals surface area contributed by atoms with Crippen molar-refractivity contribution in [1.29, 1.82) is 0 Å². The lowest BCUT2D eigenvalue weighted by molar-refractivity contribution is 0.177. The molecule has 1 aromatic heterocycles. The zero-order valence-electron chi connectivity index (χ0n) is 9.84. The van der Waals surface area contributed by atoms with E-state index in [0.717, 1.165) is 41.4 Å². The van der Waals surface area contributed by atoms with Gasteiger partial charge in [0.1, 0.15) is 0 Å². The lowest BCUT2D eigenvalue weighted by atomic mass is 9.97. The fourth-order valence-electron chi connectivity index (χ4n) is 2.13. The highest BCUT2D eigenvalue weighted by molar-refractivity contribution is 9.11. The molecule has 96 valence electrons. The predicted molar refractivity (Wildman–Crippen MR) is 77.0 cm³/mol. The first kappa shape index (κ1) is 13.8. The van der Waals surface area contributed by atoms with Gasteiger partial charge in [0.25, 0.3) is 0 Å². The summed E-state index contributed by atoms with van der Waals surface area (Å²) in [6.07, 6.45) is 2.28. The topological polar surface area (TPSA) is 21.3 Å². The molecule has 1 aliphatic heterocycles. The molecule has 1 aliphatic rings. The zero-order valence-corrected chi connectivity index (χ0v) is 13.0. The fraction of sp³-hybridized carbons (Fsp3) is 0.667. The van der Waals surface area contributed by atoms with Crippen LogP contribution in [0.25, 0.3) is 0 Å². The van der Waals surface area contributed by atoms with E-state index in [0.29, 0.717) is 12.0 Å². The summed E-state index contributed by atoms with van der Waals surface area (Å²) in [5, 5.41) is 4.43. The monoisotopic (exact) mass is 337 g/mol. The second-order valence-electron chi connectivity index (χ2n) is 4.33. The Bertz CT molecular complexity index is 346. The average Bonchev–Trinajstić information content (AvgIpc) is 2.92. The molecular weight excluding hydrogens is 322 g/mol. The maximum absolute atomic E-state index is 6.12. The van der Waals surface area contributed by atoms with Crippen molar-refractivity contribution in [3.63, 3.8) is 0 Å². The molecule has 2 atom stereocenters. The molecule has 0 aliphatic carbocycles. The van der Waals surface area contributed by atoms with E-state index in [2.05, 4.69) is 34.2 Å². The van der Waals surface area contributed by atoms with Crippen LogP contribution in [0.4, 0.5) is 0 Å². The predicted octanol–water partition coefficient (Wildman–Crippen LogP) is 4.24. The van der Waals surface area contributed by atoms with Crippen LogP contribution < -0.4 is 5.32 Å². The quantitative estimate of drug-likeness (QED) is 0.867. The summed E-state index contributed by atoms with van der Waals surface area (Å²) in [6.45, 7) is 4.96. The molecule has 2 unspecified atom stereocenters. The Hall–Kier alpha value is 0.390. The summed E-state index contributed by atoms with van der Waals surface area (Å²) in [5.41, 5.74) is 0. The third-order valence-electron chi connectivity index (χ3n) is 3.02. The van der Waals surface area contributed by atoms with Crippen LogP contribution in [0.3, 0.4) is 0 Å². The molecule has 2 heterocycles. The molecule has 0 aromatic carbocycles. The molecular formula is C12H17BrClNOS. The lowest BCUT2D eigenvalue weighted by Crippen LogP contribution is -2.28. The Balaban J connectivity index is 2.13. The van der Waals surface area contributed by atoms with Gasteiger partial charge in [-0.1, -0.05) is 18.5 Å². The van der Waals surface area contributed by atoms with E-state index >= 15 is 0 Å². The van der Waals surface area contributed by atoms with Crippen molar-refractivity contribution < 1.29 is 4.74 Å². The highest BCUT2D eigenvalue weighted by Gasteiger charge is 2.28. The number of halogens is 2. The van der Waals surface area contributed by atoms with Crippen molar-refractivity contribution >= 4 is 38.9 Å². The van der Waals surface area contributed by atoms with Gasteiger partial charge in [0.05, 0.1) is 15.4 Å². The molecule has 1 saturated heterocycles. The molecule has 1 aromatic rings. The first-order valence-corrected chi connectivity index (χ1v) is 7.97. The molecule has 0 amide bonds. The minimum absolute atomic E-state index is 0.381. The third kappa shape index (κ3) is 3.44. The standard InChI is InChI=1S/C12H17BrClNOS/c1-2-4-15-11(8-3-5-16-7-8)10-6-9(14)12(13)17-10/h6,8,11,15H,2-5,7H2,1H3. The minimum Gasteiger partial charge on any atom is -0.381 e. The average molecular weight is 339 g/mol. The molecule has 1 fully saturated rings. The van der Waals surface area contributed by atoms with Crippen molar-refractivity contribution in [2.45, 2.75) is 25.8 Å². The molecule has 0 bridgehead atoms. The lowest BCUT2D eigenvalue weighted by Gasteiger charge is -2.22. The highest BCUT2D eigenvalue weighted by atomic mass is 79.9. The second kappa shape index (κ2) is 6.53. The van der Waals surface area contributed by atoms with Crippen molar-refractivity contribution in [1.82, 2.24) is 5.32 Å². The number of thiophene rings is 1. The van der Waals surface area contributed by atoms with Crippen LogP contribution in [0.2, 0.25) is 5.02 Å². The van der Waals surface area contributed by atoms with Crippen molar-refractivity contribution in [2.24, 2.45) is 5.92 Å². The van der Waals surface area contributed by atoms with Gasteiger partial charge in [-0.2, -0.15) is 0 Å². The molecule has 17 heavy (non-hydrogen) atoms. The first-order chi connectivity index (χ1) is 8.22. The molecule has 0 spiro atoms.